The van der Waals surface area contributed by atoms with Crippen molar-refractivity contribution in [3.05, 3.63) is 63.2 Å². The molecular weight excluding hydrogens is 453 g/mol. The molecule has 0 radical (unpaired) electrons. The zero-order chi connectivity index (χ0) is 19.6. The normalized spacial score (nSPS) is 11.1. The maximum absolute atomic E-state index is 12.0. The molecule has 0 saturated carbocycles. The standard InChI is InChI=1S/C21H24IN3O2/c1-15-14-18(22)10-11-19(15)23-20(26)12-13-21(27)25-24-16(2)8-9-17-6-4-3-5-7-17/h3-7,10-11,14H,8-9,12-13H2,1-2H3,(H,23,26)(H,25,27)/b24-16-. The Labute approximate surface area is 173 Å². The van der Waals surface area contributed by atoms with Crippen molar-refractivity contribution in [1.29, 1.82) is 0 Å². The summed E-state index contributed by atoms with van der Waals surface area (Å²) < 4.78 is 1.11. The van der Waals surface area contributed by atoms with Gasteiger partial charge < -0.3 is 5.32 Å². The van der Waals surface area contributed by atoms with Crippen LogP contribution in [0.1, 0.15) is 37.3 Å². The lowest BCUT2D eigenvalue weighted by Gasteiger charge is -2.08. The third-order valence-electron chi connectivity index (χ3n) is 4.03. The highest BCUT2D eigenvalue weighted by Gasteiger charge is 2.08. The van der Waals surface area contributed by atoms with Crippen LogP contribution in [0.25, 0.3) is 0 Å². The van der Waals surface area contributed by atoms with E-state index in [4.69, 9.17) is 0 Å². The van der Waals surface area contributed by atoms with E-state index in [0.717, 1.165) is 33.4 Å². The predicted molar refractivity (Wildman–Crippen MR) is 118 cm³/mol. The number of amides is 2. The van der Waals surface area contributed by atoms with E-state index in [0.29, 0.717) is 0 Å². The molecule has 2 aromatic rings. The summed E-state index contributed by atoms with van der Waals surface area (Å²) in [6.07, 6.45) is 1.88. The second-order valence-corrected chi connectivity index (χ2v) is 7.62. The Bertz CT molecular complexity index is 819. The van der Waals surface area contributed by atoms with Crippen LogP contribution in [0.15, 0.2) is 53.6 Å². The van der Waals surface area contributed by atoms with Crippen molar-refractivity contribution in [2.75, 3.05) is 5.32 Å². The number of hydrogen-bond donors (Lipinski definition) is 2. The molecule has 0 aliphatic heterocycles. The summed E-state index contributed by atoms with van der Waals surface area (Å²) in [6.45, 7) is 3.83. The Kier molecular flexibility index (Phi) is 8.44. The molecule has 27 heavy (non-hydrogen) atoms. The van der Waals surface area contributed by atoms with Gasteiger partial charge in [0.15, 0.2) is 0 Å². The number of carbonyl (C=O) groups excluding carboxylic acids is 2. The summed E-state index contributed by atoms with van der Waals surface area (Å²) in [6, 6.07) is 15.9. The van der Waals surface area contributed by atoms with Gasteiger partial charge in [-0.2, -0.15) is 5.10 Å². The molecule has 5 nitrogen and oxygen atoms in total. The van der Waals surface area contributed by atoms with Crippen LogP contribution in [0.3, 0.4) is 0 Å². The van der Waals surface area contributed by atoms with Gasteiger partial charge in [0.25, 0.3) is 0 Å². The molecule has 2 aromatic carbocycles. The van der Waals surface area contributed by atoms with Crippen LogP contribution in [0.5, 0.6) is 0 Å². The summed E-state index contributed by atoms with van der Waals surface area (Å²) in [5.41, 5.74) is 6.39. The highest BCUT2D eigenvalue weighted by molar-refractivity contribution is 14.1. The van der Waals surface area contributed by atoms with Gasteiger partial charge in [-0.25, -0.2) is 5.43 Å². The first-order valence-corrected chi connectivity index (χ1v) is 9.94. The zero-order valence-electron chi connectivity index (χ0n) is 15.6. The van der Waals surface area contributed by atoms with Crippen molar-refractivity contribution in [3.8, 4) is 0 Å². The number of anilines is 1. The third kappa shape index (κ3) is 7.90. The predicted octanol–water partition coefficient (Wildman–Crippen LogP) is 4.44. The fraction of sp³-hybridized carbons (Fsp3) is 0.286. The second kappa shape index (κ2) is 10.8. The topological polar surface area (TPSA) is 70.6 Å². The Morgan fingerprint density at radius 2 is 1.70 bits per heavy atom. The Balaban J connectivity index is 1.71. The molecule has 0 bridgehead atoms. The highest BCUT2D eigenvalue weighted by Crippen LogP contribution is 2.18. The van der Waals surface area contributed by atoms with E-state index in [2.05, 4.69) is 50.6 Å². The molecule has 0 aliphatic rings. The molecule has 0 atom stereocenters. The molecule has 0 fully saturated rings. The summed E-state index contributed by atoms with van der Waals surface area (Å²) >= 11 is 2.23. The van der Waals surface area contributed by atoms with Crippen LogP contribution < -0.4 is 10.7 Å². The van der Waals surface area contributed by atoms with E-state index in [1.165, 1.54) is 5.56 Å². The maximum Gasteiger partial charge on any atom is 0.240 e. The summed E-state index contributed by atoms with van der Waals surface area (Å²) in [7, 11) is 0. The lowest BCUT2D eigenvalue weighted by atomic mass is 10.1. The minimum absolute atomic E-state index is 0.102. The molecule has 0 saturated heterocycles. The molecule has 2 N–H and O–H groups in total. The summed E-state index contributed by atoms with van der Waals surface area (Å²) in [5, 5.41) is 6.95. The van der Waals surface area contributed by atoms with Crippen LogP contribution in [0.2, 0.25) is 0 Å². The highest BCUT2D eigenvalue weighted by atomic mass is 127. The lowest BCUT2D eigenvalue weighted by molar-refractivity contribution is -0.124. The Hall–Kier alpha value is -2.22. The molecule has 2 amide bonds. The SMILES string of the molecule is C/C(CCc1ccccc1)=N/NC(=O)CCC(=O)Nc1ccc(I)cc1C. The number of carbonyl (C=O) groups is 2. The lowest BCUT2D eigenvalue weighted by Crippen LogP contribution is -2.21. The van der Waals surface area contributed by atoms with Crippen LogP contribution in [0, 0.1) is 10.5 Å². The molecule has 0 unspecified atom stereocenters. The van der Waals surface area contributed by atoms with E-state index in [-0.39, 0.29) is 24.7 Å². The van der Waals surface area contributed by atoms with Gasteiger partial charge >= 0.3 is 0 Å². The van der Waals surface area contributed by atoms with E-state index in [1.54, 1.807) is 0 Å². The fourth-order valence-corrected chi connectivity index (χ4v) is 3.09. The monoisotopic (exact) mass is 477 g/mol. The molecule has 6 heteroatoms. The number of benzene rings is 2. The number of hydrogen-bond acceptors (Lipinski definition) is 3. The van der Waals surface area contributed by atoms with Crippen molar-refractivity contribution >= 4 is 45.8 Å². The minimum atomic E-state index is -0.261. The maximum atomic E-state index is 12.0. The molecular formula is C21H24IN3O2. The number of rotatable bonds is 8. The van der Waals surface area contributed by atoms with Gasteiger partial charge in [-0.05, 0) is 78.6 Å². The Morgan fingerprint density at radius 1 is 1.00 bits per heavy atom. The molecule has 0 spiro atoms. The molecule has 0 aliphatic carbocycles. The van der Waals surface area contributed by atoms with Gasteiger partial charge in [0.1, 0.15) is 0 Å². The summed E-state index contributed by atoms with van der Waals surface area (Å²) in [5.74, 6) is -0.442. The van der Waals surface area contributed by atoms with E-state index < -0.39 is 0 Å². The summed E-state index contributed by atoms with van der Waals surface area (Å²) in [4.78, 5) is 23.9. The molecule has 0 aromatic heterocycles. The Morgan fingerprint density at radius 3 is 2.41 bits per heavy atom. The molecule has 2 rings (SSSR count). The quantitative estimate of drug-likeness (QED) is 0.335. The van der Waals surface area contributed by atoms with Crippen LogP contribution in [-0.2, 0) is 16.0 Å². The van der Waals surface area contributed by atoms with E-state index in [9.17, 15) is 9.59 Å². The average Bonchev–Trinajstić information content (AvgIpc) is 2.66. The number of aryl methyl sites for hydroxylation is 2. The van der Waals surface area contributed by atoms with Crippen molar-refractivity contribution in [3.63, 3.8) is 0 Å². The fourth-order valence-electron chi connectivity index (χ4n) is 2.45. The average molecular weight is 477 g/mol. The number of hydrazone groups is 1. The van der Waals surface area contributed by atoms with Crippen molar-refractivity contribution in [2.24, 2.45) is 5.10 Å². The van der Waals surface area contributed by atoms with Gasteiger partial charge in [-0.3, -0.25) is 9.59 Å². The van der Waals surface area contributed by atoms with Crippen molar-refractivity contribution < 1.29 is 9.59 Å². The van der Waals surface area contributed by atoms with Gasteiger partial charge in [0.2, 0.25) is 11.8 Å². The van der Waals surface area contributed by atoms with Gasteiger partial charge in [-0.1, -0.05) is 30.3 Å². The van der Waals surface area contributed by atoms with Gasteiger partial charge in [0.05, 0.1) is 0 Å². The van der Waals surface area contributed by atoms with Crippen LogP contribution in [0.4, 0.5) is 5.69 Å². The van der Waals surface area contributed by atoms with E-state index >= 15 is 0 Å². The minimum Gasteiger partial charge on any atom is -0.326 e. The number of halogens is 1. The van der Waals surface area contributed by atoms with E-state index in [1.807, 2.05) is 50.2 Å². The first-order chi connectivity index (χ1) is 12.9. The second-order valence-electron chi connectivity index (χ2n) is 6.38. The first-order valence-electron chi connectivity index (χ1n) is 8.86. The molecule has 142 valence electrons. The third-order valence-corrected chi connectivity index (χ3v) is 4.70. The zero-order valence-corrected chi connectivity index (χ0v) is 17.7. The van der Waals surface area contributed by atoms with Crippen LogP contribution >= 0.6 is 22.6 Å². The number of nitrogens with zero attached hydrogens (tertiary/aromatic N) is 1. The van der Waals surface area contributed by atoms with Gasteiger partial charge in [-0.15, -0.1) is 0 Å². The first kappa shape index (κ1) is 21.1. The van der Waals surface area contributed by atoms with Crippen molar-refractivity contribution in [1.82, 2.24) is 5.43 Å². The smallest absolute Gasteiger partial charge is 0.240 e. The molecule has 0 heterocycles. The van der Waals surface area contributed by atoms with Crippen molar-refractivity contribution in [2.45, 2.75) is 39.5 Å². The largest absolute Gasteiger partial charge is 0.326 e. The number of nitrogens with one attached hydrogen (secondary N) is 2. The van der Waals surface area contributed by atoms with Crippen LogP contribution in [-0.4, -0.2) is 17.5 Å². The van der Waals surface area contributed by atoms with Gasteiger partial charge in [0, 0.05) is 27.8 Å².